The summed E-state index contributed by atoms with van der Waals surface area (Å²) in [6.07, 6.45) is -2.95. The molecule has 2 heterocycles. The molecular formula is C29H29NO9. The Bertz CT molecular complexity index is 1400. The van der Waals surface area contributed by atoms with Crippen molar-refractivity contribution in [3.63, 3.8) is 0 Å². The highest BCUT2D eigenvalue weighted by molar-refractivity contribution is 5.94. The molecule has 0 bridgehead atoms. The summed E-state index contributed by atoms with van der Waals surface area (Å²) >= 11 is 0. The number of benzene rings is 2. The highest BCUT2D eigenvalue weighted by Crippen LogP contribution is 2.37. The number of hydrogen-bond acceptors (Lipinski definition) is 10. The van der Waals surface area contributed by atoms with Gasteiger partial charge in [-0.3, -0.25) is 14.4 Å². The third-order valence-electron chi connectivity index (χ3n) is 6.21. The first-order chi connectivity index (χ1) is 18.6. The van der Waals surface area contributed by atoms with E-state index >= 15 is 0 Å². The van der Waals surface area contributed by atoms with Gasteiger partial charge >= 0.3 is 23.9 Å². The van der Waals surface area contributed by atoms with Crippen LogP contribution in [-0.4, -0.2) is 60.9 Å². The average Bonchev–Trinajstić information content (AvgIpc) is 2.91. The lowest BCUT2D eigenvalue weighted by molar-refractivity contribution is -0.214. The van der Waals surface area contributed by atoms with Crippen LogP contribution in [-0.2, 0) is 38.1 Å². The highest BCUT2D eigenvalue weighted by atomic mass is 16.6. The number of esters is 4. The van der Waals surface area contributed by atoms with Gasteiger partial charge in [-0.05, 0) is 35.9 Å². The summed E-state index contributed by atoms with van der Waals surface area (Å²) in [5.74, 6) is -1.98. The van der Waals surface area contributed by atoms with Gasteiger partial charge in [0.1, 0.15) is 18.8 Å². The molecule has 39 heavy (non-hydrogen) atoms. The van der Waals surface area contributed by atoms with Crippen molar-refractivity contribution in [1.82, 2.24) is 4.98 Å². The molecule has 1 aliphatic rings. The van der Waals surface area contributed by atoms with Crippen LogP contribution in [0.2, 0.25) is 0 Å². The minimum Gasteiger partial charge on any atom is -0.465 e. The molecule has 0 amide bonds. The molecule has 204 valence electrons. The Balaban J connectivity index is 1.69. The number of fused-ring (bicyclic) bond motifs is 1. The van der Waals surface area contributed by atoms with Crippen molar-refractivity contribution < 1.29 is 42.9 Å². The van der Waals surface area contributed by atoms with Crippen LogP contribution in [0.25, 0.3) is 22.2 Å². The van der Waals surface area contributed by atoms with Gasteiger partial charge in [-0.1, -0.05) is 24.3 Å². The average molecular weight is 536 g/mol. The first kappa shape index (κ1) is 27.7. The van der Waals surface area contributed by atoms with Gasteiger partial charge in [0, 0.05) is 38.1 Å². The number of carbonyl (C=O) groups is 4. The van der Waals surface area contributed by atoms with E-state index in [0.717, 1.165) is 10.9 Å². The fraction of sp³-hybridized carbons (Fsp3) is 0.345. The van der Waals surface area contributed by atoms with Crippen molar-refractivity contribution in [3.05, 3.63) is 65.7 Å². The van der Waals surface area contributed by atoms with E-state index in [1.165, 1.54) is 27.9 Å². The molecule has 2 aromatic carbocycles. The zero-order valence-corrected chi connectivity index (χ0v) is 22.0. The van der Waals surface area contributed by atoms with E-state index in [-0.39, 0.29) is 13.0 Å². The summed E-state index contributed by atoms with van der Waals surface area (Å²) in [5, 5.41) is 0.779. The summed E-state index contributed by atoms with van der Waals surface area (Å²) in [4.78, 5) is 51.9. The van der Waals surface area contributed by atoms with Gasteiger partial charge in [0.2, 0.25) is 0 Å². The largest absolute Gasteiger partial charge is 0.465 e. The number of carbonyl (C=O) groups excluding carboxylic acids is 4. The molecule has 0 N–H and O–H groups in total. The zero-order valence-electron chi connectivity index (χ0n) is 22.0. The number of methoxy groups -OCH3 is 1. The topological polar surface area (TPSA) is 127 Å². The molecule has 4 atom stereocenters. The van der Waals surface area contributed by atoms with Crippen molar-refractivity contribution in [2.75, 3.05) is 13.7 Å². The van der Waals surface area contributed by atoms with Gasteiger partial charge in [0.05, 0.1) is 30.0 Å². The van der Waals surface area contributed by atoms with Crippen LogP contribution in [0.5, 0.6) is 0 Å². The predicted octanol–water partition coefficient (Wildman–Crippen LogP) is 3.94. The minimum atomic E-state index is -0.920. The Morgan fingerprint density at radius 2 is 1.69 bits per heavy atom. The lowest BCUT2D eigenvalue weighted by Gasteiger charge is -2.40. The second kappa shape index (κ2) is 12.0. The predicted molar refractivity (Wildman–Crippen MR) is 138 cm³/mol. The van der Waals surface area contributed by atoms with Crippen molar-refractivity contribution in [2.45, 2.75) is 51.6 Å². The van der Waals surface area contributed by atoms with E-state index in [9.17, 15) is 19.2 Å². The fourth-order valence-electron chi connectivity index (χ4n) is 4.58. The minimum absolute atomic E-state index is 0.0458. The molecule has 0 aliphatic carbocycles. The van der Waals surface area contributed by atoms with Crippen LogP contribution >= 0.6 is 0 Å². The second-order valence-electron chi connectivity index (χ2n) is 9.16. The van der Waals surface area contributed by atoms with E-state index in [2.05, 4.69) is 0 Å². The molecule has 0 saturated carbocycles. The Labute approximate surface area is 225 Å². The monoisotopic (exact) mass is 535 g/mol. The summed E-state index contributed by atoms with van der Waals surface area (Å²) < 4.78 is 27.3. The molecule has 1 aliphatic heterocycles. The molecule has 1 saturated heterocycles. The lowest BCUT2D eigenvalue weighted by atomic mass is 9.91. The molecular weight excluding hydrogens is 506 g/mol. The molecule has 0 radical (unpaired) electrons. The van der Waals surface area contributed by atoms with Crippen LogP contribution in [0, 0.1) is 0 Å². The van der Waals surface area contributed by atoms with Crippen LogP contribution in [0.4, 0.5) is 0 Å². The summed E-state index contributed by atoms with van der Waals surface area (Å²) in [5.41, 5.74) is 3.21. The van der Waals surface area contributed by atoms with E-state index in [1.807, 2.05) is 36.4 Å². The normalized spacial score (nSPS) is 20.6. The Morgan fingerprint density at radius 1 is 0.923 bits per heavy atom. The molecule has 1 aromatic heterocycles. The maximum Gasteiger partial charge on any atom is 0.337 e. The zero-order chi connectivity index (χ0) is 28.1. The first-order valence-electron chi connectivity index (χ1n) is 12.4. The Morgan fingerprint density at radius 3 is 2.38 bits per heavy atom. The molecule has 4 unspecified atom stereocenters. The molecule has 3 aromatic rings. The third-order valence-corrected chi connectivity index (χ3v) is 6.21. The fourth-order valence-corrected chi connectivity index (χ4v) is 4.58. The highest BCUT2D eigenvalue weighted by Gasteiger charge is 2.44. The van der Waals surface area contributed by atoms with E-state index in [0.29, 0.717) is 22.3 Å². The number of aromatic nitrogens is 1. The molecule has 0 spiro atoms. The van der Waals surface area contributed by atoms with Crippen molar-refractivity contribution in [3.8, 4) is 11.3 Å². The Hall–Kier alpha value is -4.31. The standard InChI is InChI=1S/C29H29NO9/c1-16(31)36-15-23-14-26(37-17(2)32)28(38-18(3)33)27(39-23)21-7-5-6-19(12-21)24-10-8-20-13-22(29(34)35-4)9-11-25(20)30-24/h5-13,23,26-28H,14-15H2,1-4H3. The first-order valence-corrected chi connectivity index (χ1v) is 12.4. The van der Waals surface area contributed by atoms with Gasteiger partial charge in [0.25, 0.3) is 0 Å². The third kappa shape index (κ3) is 6.77. The summed E-state index contributed by atoms with van der Waals surface area (Å²) in [7, 11) is 1.33. The number of nitrogens with zero attached hydrogens (tertiary/aromatic N) is 1. The summed E-state index contributed by atoms with van der Waals surface area (Å²) in [6, 6.07) is 16.2. The maximum atomic E-state index is 12.0. The van der Waals surface area contributed by atoms with Crippen molar-refractivity contribution in [2.24, 2.45) is 0 Å². The second-order valence-corrected chi connectivity index (χ2v) is 9.16. The van der Waals surface area contributed by atoms with Gasteiger partial charge in [-0.15, -0.1) is 0 Å². The molecule has 10 heteroatoms. The van der Waals surface area contributed by atoms with E-state index < -0.39 is 48.3 Å². The van der Waals surface area contributed by atoms with E-state index in [4.69, 9.17) is 28.7 Å². The number of hydrogen-bond donors (Lipinski definition) is 0. The van der Waals surface area contributed by atoms with Crippen LogP contribution in [0.15, 0.2) is 54.6 Å². The Kier molecular flexibility index (Phi) is 8.55. The van der Waals surface area contributed by atoms with Crippen molar-refractivity contribution >= 4 is 34.8 Å². The molecule has 1 fully saturated rings. The SMILES string of the molecule is COC(=O)c1ccc2nc(-c3cccc(C4OC(COC(C)=O)CC(OC(C)=O)C4OC(C)=O)c3)ccc2c1. The molecule has 4 rings (SSSR count). The van der Waals surface area contributed by atoms with Gasteiger partial charge in [0.15, 0.2) is 6.10 Å². The smallest absolute Gasteiger partial charge is 0.337 e. The van der Waals surface area contributed by atoms with E-state index in [1.54, 1.807) is 18.2 Å². The number of pyridine rings is 1. The maximum absolute atomic E-state index is 12.0. The van der Waals surface area contributed by atoms with Gasteiger partial charge in [-0.25, -0.2) is 9.78 Å². The van der Waals surface area contributed by atoms with Crippen LogP contribution in [0.1, 0.15) is 49.2 Å². The van der Waals surface area contributed by atoms with Crippen LogP contribution in [0.3, 0.4) is 0 Å². The molecule has 10 nitrogen and oxygen atoms in total. The van der Waals surface area contributed by atoms with Gasteiger partial charge < -0.3 is 23.7 Å². The summed E-state index contributed by atoms with van der Waals surface area (Å²) in [6.45, 7) is 3.79. The lowest BCUT2D eigenvalue weighted by Crippen LogP contribution is -2.48. The van der Waals surface area contributed by atoms with Crippen molar-refractivity contribution in [1.29, 1.82) is 0 Å². The number of ether oxygens (including phenoxy) is 5. The van der Waals surface area contributed by atoms with Gasteiger partial charge in [-0.2, -0.15) is 0 Å². The number of rotatable bonds is 7. The van der Waals surface area contributed by atoms with Crippen LogP contribution < -0.4 is 0 Å². The quantitative estimate of drug-likeness (QED) is 0.324.